The van der Waals surface area contributed by atoms with E-state index >= 15 is 0 Å². The SMILES string of the molecule is CC(=O)NCC1CCN(c2cccnc2C(N)=S)CC1. The molecule has 6 heteroatoms. The summed E-state index contributed by atoms with van der Waals surface area (Å²) in [4.78, 5) is 17.8. The van der Waals surface area contributed by atoms with Gasteiger partial charge in [-0.1, -0.05) is 12.2 Å². The van der Waals surface area contributed by atoms with Crippen LogP contribution >= 0.6 is 12.2 Å². The van der Waals surface area contributed by atoms with Crippen LogP contribution in [0.25, 0.3) is 0 Å². The zero-order valence-corrected chi connectivity index (χ0v) is 12.4. The van der Waals surface area contributed by atoms with Gasteiger partial charge in [-0.25, -0.2) is 0 Å². The van der Waals surface area contributed by atoms with E-state index in [1.165, 1.54) is 0 Å². The average molecular weight is 292 g/mol. The molecule has 1 saturated heterocycles. The van der Waals surface area contributed by atoms with Gasteiger partial charge in [0.1, 0.15) is 10.7 Å². The number of hydrogen-bond acceptors (Lipinski definition) is 4. The zero-order chi connectivity index (χ0) is 14.5. The van der Waals surface area contributed by atoms with Gasteiger partial charge >= 0.3 is 0 Å². The Hall–Kier alpha value is -1.69. The molecule has 1 amide bonds. The molecule has 1 aromatic rings. The fraction of sp³-hybridized carbons (Fsp3) is 0.500. The maximum Gasteiger partial charge on any atom is 0.216 e. The molecule has 2 rings (SSSR count). The van der Waals surface area contributed by atoms with E-state index in [-0.39, 0.29) is 5.91 Å². The minimum atomic E-state index is 0.0375. The van der Waals surface area contributed by atoms with E-state index in [0.717, 1.165) is 38.2 Å². The van der Waals surface area contributed by atoms with Gasteiger partial charge < -0.3 is 16.0 Å². The quantitative estimate of drug-likeness (QED) is 0.812. The number of pyridine rings is 1. The van der Waals surface area contributed by atoms with Crippen molar-refractivity contribution in [2.75, 3.05) is 24.5 Å². The van der Waals surface area contributed by atoms with Crippen LogP contribution in [0.1, 0.15) is 25.5 Å². The van der Waals surface area contributed by atoms with Crippen molar-refractivity contribution in [1.29, 1.82) is 0 Å². The lowest BCUT2D eigenvalue weighted by atomic mass is 9.96. The molecule has 0 bridgehead atoms. The lowest BCUT2D eigenvalue weighted by molar-refractivity contribution is -0.119. The van der Waals surface area contributed by atoms with Crippen molar-refractivity contribution in [2.45, 2.75) is 19.8 Å². The van der Waals surface area contributed by atoms with Crippen LogP contribution in [0.2, 0.25) is 0 Å². The minimum absolute atomic E-state index is 0.0375. The number of carbonyl (C=O) groups is 1. The second-order valence-electron chi connectivity index (χ2n) is 5.10. The van der Waals surface area contributed by atoms with Crippen molar-refractivity contribution in [3.05, 3.63) is 24.0 Å². The van der Waals surface area contributed by atoms with E-state index < -0.39 is 0 Å². The monoisotopic (exact) mass is 292 g/mol. The fourth-order valence-corrected chi connectivity index (χ4v) is 2.67. The van der Waals surface area contributed by atoms with Gasteiger partial charge in [-0.15, -0.1) is 0 Å². The summed E-state index contributed by atoms with van der Waals surface area (Å²) in [5, 5.41) is 2.89. The zero-order valence-electron chi connectivity index (χ0n) is 11.6. The Morgan fingerprint density at radius 2 is 2.25 bits per heavy atom. The Morgan fingerprint density at radius 3 is 2.85 bits per heavy atom. The summed E-state index contributed by atoms with van der Waals surface area (Å²) in [6.07, 6.45) is 3.80. The normalized spacial score (nSPS) is 15.9. The summed E-state index contributed by atoms with van der Waals surface area (Å²) in [5.74, 6) is 0.579. The van der Waals surface area contributed by atoms with E-state index in [4.69, 9.17) is 18.0 Å². The third-order valence-corrected chi connectivity index (χ3v) is 3.81. The lowest BCUT2D eigenvalue weighted by Crippen LogP contribution is -2.39. The number of nitrogens with one attached hydrogen (secondary N) is 1. The topological polar surface area (TPSA) is 71.2 Å². The molecule has 1 aliphatic heterocycles. The van der Waals surface area contributed by atoms with Crippen molar-refractivity contribution in [1.82, 2.24) is 10.3 Å². The predicted molar refractivity (Wildman–Crippen MR) is 83.7 cm³/mol. The van der Waals surface area contributed by atoms with Gasteiger partial charge in [0.15, 0.2) is 0 Å². The van der Waals surface area contributed by atoms with Crippen LogP contribution in [0.15, 0.2) is 18.3 Å². The number of carbonyl (C=O) groups excluding carboxylic acids is 1. The van der Waals surface area contributed by atoms with Crippen LogP contribution in [-0.4, -0.2) is 35.5 Å². The second kappa shape index (κ2) is 6.65. The number of piperidine rings is 1. The molecular weight excluding hydrogens is 272 g/mol. The molecule has 0 spiro atoms. The predicted octanol–water partition coefficient (Wildman–Crippen LogP) is 1.07. The van der Waals surface area contributed by atoms with Crippen LogP contribution in [0.3, 0.4) is 0 Å². The first-order valence-corrected chi connectivity index (χ1v) is 7.23. The summed E-state index contributed by atoms with van der Waals surface area (Å²) >= 11 is 5.05. The molecule has 1 aliphatic rings. The van der Waals surface area contributed by atoms with Gasteiger partial charge in [0, 0.05) is 32.8 Å². The largest absolute Gasteiger partial charge is 0.388 e. The molecule has 0 atom stereocenters. The summed E-state index contributed by atoms with van der Waals surface area (Å²) in [6, 6.07) is 3.91. The molecule has 1 aromatic heterocycles. The molecular formula is C14H20N4OS. The van der Waals surface area contributed by atoms with Gasteiger partial charge in [-0.3, -0.25) is 9.78 Å². The van der Waals surface area contributed by atoms with Crippen molar-refractivity contribution in [3.63, 3.8) is 0 Å². The Balaban J connectivity index is 1.97. The van der Waals surface area contributed by atoms with Crippen LogP contribution in [0, 0.1) is 5.92 Å². The van der Waals surface area contributed by atoms with Gasteiger partial charge in [0.05, 0.1) is 5.69 Å². The lowest BCUT2D eigenvalue weighted by Gasteiger charge is -2.34. The summed E-state index contributed by atoms with van der Waals surface area (Å²) < 4.78 is 0. The van der Waals surface area contributed by atoms with Crippen LogP contribution < -0.4 is 16.0 Å². The van der Waals surface area contributed by atoms with E-state index in [1.54, 1.807) is 13.1 Å². The van der Waals surface area contributed by atoms with Crippen molar-refractivity contribution < 1.29 is 4.79 Å². The first-order chi connectivity index (χ1) is 9.58. The Labute approximate surface area is 124 Å². The van der Waals surface area contributed by atoms with E-state index in [1.807, 2.05) is 12.1 Å². The summed E-state index contributed by atoms with van der Waals surface area (Å²) in [5.41, 5.74) is 7.43. The molecule has 0 aromatic carbocycles. The molecule has 0 radical (unpaired) electrons. The Bertz CT molecular complexity index is 498. The molecule has 108 valence electrons. The van der Waals surface area contributed by atoms with E-state index in [2.05, 4.69) is 15.2 Å². The molecule has 5 nitrogen and oxygen atoms in total. The first-order valence-electron chi connectivity index (χ1n) is 6.82. The molecule has 20 heavy (non-hydrogen) atoms. The van der Waals surface area contributed by atoms with Crippen molar-refractivity contribution in [3.8, 4) is 0 Å². The number of anilines is 1. The average Bonchev–Trinajstić information content (AvgIpc) is 2.45. The molecule has 0 saturated carbocycles. The number of hydrogen-bond donors (Lipinski definition) is 2. The maximum absolute atomic E-state index is 10.9. The van der Waals surface area contributed by atoms with E-state index in [0.29, 0.717) is 16.6 Å². The third kappa shape index (κ3) is 3.66. The van der Waals surface area contributed by atoms with Crippen LogP contribution in [0.4, 0.5) is 5.69 Å². The fourth-order valence-electron chi connectivity index (χ4n) is 2.51. The molecule has 1 fully saturated rings. The first kappa shape index (κ1) is 14.7. The van der Waals surface area contributed by atoms with Crippen molar-refractivity contribution >= 4 is 28.8 Å². The third-order valence-electron chi connectivity index (χ3n) is 3.61. The Kier molecular flexibility index (Phi) is 4.89. The molecule has 0 unspecified atom stereocenters. The van der Waals surface area contributed by atoms with Crippen LogP contribution in [-0.2, 0) is 4.79 Å². The van der Waals surface area contributed by atoms with Crippen LogP contribution in [0.5, 0.6) is 0 Å². The van der Waals surface area contributed by atoms with Gasteiger partial charge in [-0.2, -0.15) is 0 Å². The smallest absolute Gasteiger partial charge is 0.216 e. The number of nitrogens with zero attached hydrogens (tertiary/aromatic N) is 2. The van der Waals surface area contributed by atoms with Gasteiger partial charge in [-0.05, 0) is 30.9 Å². The highest BCUT2D eigenvalue weighted by atomic mass is 32.1. The standard InChI is InChI=1S/C14H20N4OS/c1-10(19)17-9-11-4-7-18(8-5-11)12-3-2-6-16-13(12)14(15)20/h2-3,6,11H,4-5,7-9H2,1H3,(H2,15,20)(H,17,19). The number of rotatable bonds is 4. The summed E-state index contributed by atoms with van der Waals surface area (Å²) in [6.45, 7) is 4.19. The van der Waals surface area contributed by atoms with Gasteiger partial charge in [0.2, 0.25) is 5.91 Å². The highest BCUT2D eigenvalue weighted by Crippen LogP contribution is 2.25. The van der Waals surface area contributed by atoms with E-state index in [9.17, 15) is 4.79 Å². The second-order valence-corrected chi connectivity index (χ2v) is 5.54. The highest BCUT2D eigenvalue weighted by molar-refractivity contribution is 7.80. The molecule has 3 N–H and O–H groups in total. The molecule has 0 aliphatic carbocycles. The van der Waals surface area contributed by atoms with Crippen molar-refractivity contribution in [2.24, 2.45) is 11.7 Å². The highest BCUT2D eigenvalue weighted by Gasteiger charge is 2.22. The minimum Gasteiger partial charge on any atom is -0.388 e. The molecule has 2 heterocycles. The maximum atomic E-state index is 10.9. The number of aromatic nitrogens is 1. The summed E-state index contributed by atoms with van der Waals surface area (Å²) in [7, 11) is 0. The number of nitrogens with two attached hydrogens (primary N) is 1. The number of thiocarbonyl (C=S) groups is 1. The number of amides is 1. The van der Waals surface area contributed by atoms with Gasteiger partial charge in [0.25, 0.3) is 0 Å². The Morgan fingerprint density at radius 1 is 1.55 bits per heavy atom.